The van der Waals surface area contributed by atoms with E-state index in [-0.39, 0.29) is 5.69 Å². The summed E-state index contributed by atoms with van der Waals surface area (Å²) in [6, 6.07) is 11.4. The van der Waals surface area contributed by atoms with E-state index in [2.05, 4.69) is 6.07 Å². The Morgan fingerprint density at radius 3 is 2.43 bits per heavy atom. The first-order valence-electron chi connectivity index (χ1n) is 6.56. The molecule has 0 saturated carbocycles. The predicted octanol–water partition coefficient (Wildman–Crippen LogP) is 2.89. The van der Waals surface area contributed by atoms with E-state index in [4.69, 9.17) is 9.84 Å². The van der Waals surface area contributed by atoms with Crippen molar-refractivity contribution in [3.8, 4) is 17.1 Å². The zero-order valence-corrected chi connectivity index (χ0v) is 12.1. The van der Waals surface area contributed by atoms with Gasteiger partial charge in [-0.3, -0.25) is 0 Å². The molecular weight excluding hydrogens is 268 g/mol. The highest BCUT2D eigenvalue weighted by Gasteiger charge is 2.16. The van der Waals surface area contributed by atoms with Crippen LogP contribution in [0.2, 0.25) is 0 Å². The van der Waals surface area contributed by atoms with Crippen LogP contribution in [-0.4, -0.2) is 27.3 Å². The van der Waals surface area contributed by atoms with Gasteiger partial charge in [-0.05, 0) is 30.3 Å². The lowest BCUT2D eigenvalue weighted by Gasteiger charge is -2.07. The number of nitrogens with zero attached hydrogens (tertiary/aromatic N) is 2. The lowest BCUT2D eigenvalue weighted by molar-refractivity contribution is 0.0686. The largest absolute Gasteiger partial charge is 0.497 e. The first kappa shape index (κ1) is 13.3. The highest BCUT2D eigenvalue weighted by atomic mass is 16.5. The highest BCUT2D eigenvalue weighted by Crippen LogP contribution is 2.30. The van der Waals surface area contributed by atoms with Crippen LogP contribution in [0.3, 0.4) is 0 Å². The molecule has 3 aromatic rings. The second-order valence-electron chi connectivity index (χ2n) is 4.98. The molecule has 0 aliphatic carbocycles. The van der Waals surface area contributed by atoms with E-state index >= 15 is 0 Å². The van der Waals surface area contributed by atoms with Crippen molar-refractivity contribution in [2.75, 3.05) is 7.11 Å². The molecule has 0 aliphatic heterocycles. The molecule has 108 valence electrons. The number of aromatic carboxylic acids is 1. The Morgan fingerprint density at radius 2 is 1.81 bits per heavy atom. The van der Waals surface area contributed by atoms with Crippen LogP contribution in [0.5, 0.6) is 5.75 Å². The van der Waals surface area contributed by atoms with Crippen LogP contribution in [0.1, 0.15) is 10.5 Å². The molecule has 3 rings (SSSR count). The van der Waals surface area contributed by atoms with E-state index in [0.717, 1.165) is 28.0 Å². The predicted molar refractivity (Wildman–Crippen MR) is 80.8 cm³/mol. The Bertz CT molecular complexity index is 843. The summed E-state index contributed by atoms with van der Waals surface area (Å²) in [5.74, 6) is -0.127. The van der Waals surface area contributed by atoms with Crippen LogP contribution in [0.25, 0.3) is 22.3 Å². The fraction of sp³-hybridized carbons (Fsp3) is 0.188. The van der Waals surface area contributed by atoms with Gasteiger partial charge in [0.15, 0.2) is 0 Å². The number of methoxy groups -OCH3 is 1. The maximum atomic E-state index is 11.2. The average Bonchev–Trinajstić information content (AvgIpc) is 2.99. The lowest BCUT2D eigenvalue weighted by atomic mass is 10.2. The number of hydrogen-bond acceptors (Lipinski definition) is 2. The molecular formula is C16H16N2O3. The Labute approximate surface area is 122 Å². The summed E-state index contributed by atoms with van der Waals surface area (Å²) in [5, 5.41) is 10.2. The monoisotopic (exact) mass is 284 g/mol. The topological polar surface area (TPSA) is 56.4 Å². The summed E-state index contributed by atoms with van der Waals surface area (Å²) < 4.78 is 8.98. The number of fused-ring (bicyclic) bond motifs is 1. The van der Waals surface area contributed by atoms with Crippen molar-refractivity contribution < 1.29 is 14.6 Å². The van der Waals surface area contributed by atoms with Crippen molar-refractivity contribution in [3.05, 3.63) is 42.1 Å². The molecule has 0 unspecified atom stereocenters. The van der Waals surface area contributed by atoms with Crippen LogP contribution < -0.4 is 4.74 Å². The maximum absolute atomic E-state index is 11.2. The van der Waals surface area contributed by atoms with Crippen LogP contribution in [0.4, 0.5) is 0 Å². The number of rotatable bonds is 3. The minimum absolute atomic E-state index is 0.271. The van der Waals surface area contributed by atoms with Gasteiger partial charge in [-0.1, -0.05) is 0 Å². The average molecular weight is 284 g/mol. The summed E-state index contributed by atoms with van der Waals surface area (Å²) >= 11 is 0. The van der Waals surface area contributed by atoms with Crippen molar-refractivity contribution in [1.29, 1.82) is 0 Å². The fourth-order valence-electron chi connectivity index (χ4n) is 2.67. The molecule has 21 heavy (non-hydrogen) atoms. The van der Waals surface area contributed by atoms with E-state index in [1.807, 2.05) is 35.9 Å². The molecule has 0 radical (unpaired) electrons. The summed E-state index contributed by atoms with van der Waals surface area (Å²) in [7, 11) is 5.36. The minimum atomic E-state index is -0.927. The number of benzene rings is 1. The molecule has 2 heterocycles. The number of carboxylic acid groups (broad SMARTS) is 1. The molecule has 0 bridgehead atoms. The molecule has 2 aromatic heterocycles. The van der Waals surface area contributed by atoms with Crippen LogP contribution in [0.15, 0.2) is 36.4 Å². The van der Waals surface area contributed by atoms with Gasteiger partial charge >= 0.3 is 5.97 Å². The first-order valence-corrected chi connectivity index (χ1v) is 6.56. The first-order chi connectivity index (χ1) is 10.0. The maximum Gasteiger partial charge on any atom is 0.352 e. The molecule has 0 spiro atoms. The summed E-state index contributed by atoms with van der Waals surface area (Å²) in [6.07, 6.45) is 0. The Morgan fingerprint density at radius 1 is 1.05 bits per heavy atom. The van der Waals surface area contributed by atoms with Crippen molar-refractivity contribution in [3.63, 3.8) is 0 Å². The molecule has 0 amide bonds. The Balaban J connectivity index is 2.21. The zero-order chi connectivity index (χ0) is 15.1. The van der Waals surface area contributed by atoms with Crippen LogP contribution in [-0.2, 0) is 14.1 Å². The molecule has 1 N–H and O–H groups in total. The third-order valence-corrected chi connectivity index (χ3v) is 3.86. The zero-order valence-electron chi connectivity index (χ0n) is 12.1. The Hall–Kier alpha value is -2.69. The molecule has 5 nitrogen and oxygen atoms in total. The standard InChI is InChI=1S/C16H16N2O3/c1-17-12(6-7-13(17)16(19)20)15-8-10-4-5-11(21-3)9-14(10)18(15)2/h4-9H,1-3H3,(H,19,20). The highest BCUT2D eigenvalue weighted by molar-refractivity contribution is 5.90. The van der Waals surface area contributed by atoms with Gasteiger partial charge in [0.2, 0.25) is 0 Å². The van der Waals surface area contributed by atoms with Crippen LogP contribution >= 0.6 is 0 Å². The van der Waals surface area contributed by atoms with E-state index in [1.165, 1.54) is 0 Å². The summed E-state index contributed by atoms with van der Waals surface area (Å²) in [4.78, 5) is 11.2. The van der Waals surface area contributed by atoms with Gasteiger partial charge in [-0.25, -0.2) is 4.79 Å². The summed E-state index contributed by atoms with van der Waals surface area (Å²) in [5.41, 5.74) is 3.15. The van der Waals surface area contributed by atoms with E-state index in [9.17, 15) is 4.79 Å². The van der Waals surface area contributed by atoms with Gasteiger partial charge in [0.25, 0.3) is 0 Å². The SMILES string of the molecule is COc1ccc2cc(-c3ccc(C(=O)O)n3C)n(C)c2c1. The van der Waals surface area contributed by atoms with Gasteiger partial charge < -0.3 is 19.0 Å². The van der Waals surface area contributed by atoms with E-state index < -0.39 is 5.97 Å². The molecule has 1 aromatic carbocycles. The van der Waals surface area contributed by atoms with Crippen molar-refractivity contribution in [1.82, 2.24) is 9.13 Å². The normalized spacial score (nSPS) is 11.0. The van der Waals surface area contributed by atoms with Gasteiger partial charge in [0, 0.05) is 25.5 Å². The van der Waals surface area contributed by atoms with Crippen molar-refractivity contribution in [2.24, 2.45) is 14.1 Å². The smallest absolute Gasteiger partial charge is 0.352 e. The molecule has 0 aliphatic rings. The molecule has 0 saturated heterocycles. The number of aromatic nitrogens is 2. The number of hydrogen-bond donors (Lipinski definition) is 1. The molecule has 0 fully saturated rings. The third-order valence-electron chi connectivity index (χ3n) is 3.86. The fourth-order valence-corrected chi connectivity index (χ4v) is 2.67. The second-order valence-corrected chi connectivity index (χ2v) is 4.98. The third kappa shape index (κ3) is 1.98. The number of carboxylic acids is 1. The molecule has 0 atom stereocenters. The van der Waals surface area contributed by atoms with Gasteiger partial charge in [-0.15, -0.1) is 0 Å². The summed E-state index contributed by atoms with van der Waals surface area (Å²) in [6.45, 7) is 0. The number of ether oxygens (including phenoxy) is 1. The minimum Gasteiger partial charge on any atom is -0.497 e. The second kappa shape index (κ2) is 4.70. The van der Waals surface area contributed by atoms with Gasteiger partial charge in [0.1, 0.15) is 11.4 Å². The van der Waals surface area contributed by atoms with Gasteiger partial charge in [0.05, 0.1) is 24.0 Å². The Kier molecular flexibility index (Phi) is 2.97. The molecule has 5 heteroatoms. The number of carbonyl (C=O) groups is 1. The van der Waals surface area contributed by atoms with Crippen LogP contribution in [0, 0.1) is 0 Å². The lowest BCUT2D eigenvalue weighted by Crippen LogP contribution is -2.06. The van der Waals surface area contributed by atoms with E-state index in [0.29, 0.717) is 0 Å². The van der Waals surface area contributed by atoms with Crippen molar-refractivity contribution >= 4 is 16.9 Å². The van der Waals surface area contributed by atoms with E-state index in [1.54, 1.807) is 24.8 Å². The quantitative estimate of drug-likeness (QED) is 0.804. The van der Waals surface area contributed by atoms with Crippen molar-refractivity contribution in [2.45, 2.75) is 0 Å². The van der Waals surface area contributed by atoms with Gasteiger partial charge in [-0.2, -0.15) is 0 Å². The number of aryl methyl sites for hydroxylation is 1.